The highest BCUT2D eigenvalue weighted by Gasteiger charge is 2.46. The topological polar surface area (TPSA) is 60.7 Å². The lowest BCUT2D eigenvalue weighted by Crippen LogP contribution is -2.63. The number of rotatable bonds is 5. The van der Waals surface area contributed by atoms with Crippen LogP contribution >= 0.6 is 0 Å². The van der Waals surface area contributed by atoms with Crippen molar-refractivity contribution in [3.05, 3.63) is 48.0 Å². The minimum absolute atomic E-state index is 0.0790. The summed E-state index contributed by atoms with van der Waals surface area (Å²) >= 11 is 0. The second kappa shape index (κ2) is 8.29. The van der Waals surface area contributed by atoms with Gasteiger partial charge in [-0.25, -0.2) is 9.67 Å². The Balaban J connectivity index is 1.57. The highest BCUT2D eigenvalue weighted by Crippen LogP contribution is 2.36. The number of nitrogens with zero attached hydrogens (tertiary/aromatic N) is 6. The molecule has 3 heterocycles. The SMILES string of the molecule is CCn1ncnc1CN1CC[C@](O)(c2ccccc2)[C@H](N2CCN(C)CC2)C1. The zero-order chi connectivity index (χ0) is 19.6. The first kappa shape index (κ1) is 19.5. The molecule has 0 bridgehead atoms. The van der Waals surface area contributed by atoms with E-state index in [0.29, 0.717) is 0 Å². The van der Waals surface area contributed by atoms with Gasteiger partial charge in [-0.05, 0) is 26.0 Å². The van der Waals surface area contributed by atoms with Gasteiger partial charge in [-0.3, -0.25) is 9.80 Å². The summed E-state index contributed by atoms with van der Waals surface area (Å²) in [4.78, 5) is 11.7. The number of aryl methyl sites for hydroxylation is 1. The average Bonchev–Trinajstić information content (AvgIpc) is 3.18. The van der Waals surface area contributed by atoms with E-state index in [-0.39, 0.29) is 6.04 Å². The molecule has 7 nitrogen and oxygen atoms in total. The lowest BCUT2D eigenvalue weighted by molar-refractivity contribution is -0.109. The Kier molecular flexibility index (Phi) is 5.78. The summed E-state index contributed by atoms with van der Waals surface area (Å²) in [5.41, 5.74) is 0.224. The largest absolute Gasteiger partial charge is 0.383 e. The van der Waals surface area contributed by atoms with E-state index in [1.807, 2.05) is 22.9 Å². The molecule has 28 heavy (non-hydrogen) atoms. The minimum atomic E-state index is -0.813. The van der Waals surface area contributed by atoms with Crippen molar-refractivity contribution in [3.8, 4) is 0 Å². The van der Waals surface area contributed by atoms with Crippen molar-refractivity contribution >= 4 is 0 Å². The standard InChI is InChI=1S/C21H32N6O/c1-3-27-20(22-17-23-27)16-25-10-9-21(28,18-7-5-4-6-8-18)19(15-25)26-13-11-24(2)12-14-26/h4-8,17,19,28H,3,9-16H2,1-2H3/t19-,21+/m1/s1. The molecule has 2 aliphatic heterocycles. The monoisotopic (exact) mass is 384 g/mol. The van der Waals surface area contributed by atoms with Crippen molar-refractivity contribution in [2.75, 3.05) is 46.3 Å². The maximum atomic E-state index is 11.9. The number of piperidine rings is 1. The van der Waals surface area contributed by atoms with Gasteiger partial charge in [0.05, 0.1) is 12.6 Å². The van der Waals surface area contributed by atoms with Crippen LogP contribution in [0.2, 0.25) is 0 Å². The lowest BCUT2D eigenvalue weighted by atomic mass is 9.79. The van der Waals surface area contributed by atoms with Crippen molar-refractivity contribution in [1.29, 1.82) is 0 Å². The number of likely N-dealkylation sites (tertiary alicyclic amines) is 1. The molecule has 7 heteroatoms. The Morgan fingerprint density at radius 2 is 1.86 bits per heavy atom. The zero-order valence-electron chi connectivity index (χ0n) is 17.0. The van der Waals surface area contributed by atoms with E-state index in [4.69, 9.17) is 0 Å². The quantitative estimate of drug-likeness (QED) is 0.830. The molecule has 0 radical (unpaired) electrons. The second-order valence-corrected chi connectivity index (χ2v) is 8.12. The Bertz CT molecular complexity index is 757. The molecule has 2 atom stereocenters. The van der Waals surface area contributed by atoms with Crippen LogP contribution < -0.4 is 0 Å². The van der Waals surface area contributed by atoms with Gasteiger partial charge >= 0.3 is 0 Å². The Hall–Kier alpha value is -1.80. The first-order valence-electron chi connectivity index (χ1n) is 10.4. The number of piperazine rings is 1. The van der Waals surface area contributed by atoms with Crippen LogP contribution in [0.25, 0.3) is 0 Å². The van der Waals surface area contributed by atoms with Crippen LogP contribution in [0.4, 0.5) is 0 Å². The summed E-state index contributed by atoms with van der Waals surface area (Å²) in [6.45, 7) is 9.48. The molecule has 2 aliphatic rings. The Labute approximate surface area is 167 Å². The second-order valence-electron chi connectivity index (χ2n) is 8.12. The molecule has 2 fully saturated rings. The van der Waals surface area contributed by atoms with Gasteiger partial charge in [-0.2, -0.15) is 5.10 Å². The summed E-state index contributed by atoms with van der Waals surface area (Å²) in [5, 5.41) is 16.2. The van der Waals surface area contributed by atoms with Gasteiger partial charge in [0.25, 0.3) is 0 Å². The molecular formula is C21H32N6O. The fourth-order valence-corrected chi connectivity index (χ4v) is 4.61. The molecule has 0 aliphatic carbocycles. The zero-order valence-corrected chi connectivity index (χ0v) is 17.0. The molecule has 2 aromatic rings. The number of benzene rings is 1. The maximum absolute atomic E-state index is 11.9. The van der Waals surface area contributed by atoms with E-state index in [1.54, 1.807) is 6.33 Å². The van der Waals surface area contributed by atoms with Crippen LogP contribution in [-0.2, 0) is 18.7 Å². The molecule has 0 unspecified atom stereocenters. The summed E-state index contributed by atoms with van der Waals surface area (Å²) in [6.07, 6.45) is 2.37. The molecule has 0 saturated carbocycles. The molecule has 0 spiro atoms. The van der Waals surface area contributed by atoms with Crippen LogP contribution in [0.15, 0.2) is 36.7 Å². The van der Waals surface area contributed by atoms with Gasteiger partial charge in [0.2, 0.25) is 0 Å². The minimum Gasteiger partial charge on any atom is -0.383 e. The van der Waals surface area contributed by atoms with Gasteiger partial charge in [-0.1, -0.05) is 30.3 Å². The molecule has 0 amide bonds. The van der Waals surface area contributed by atoms with Crippen molar-refractivity contribution < 1.29 is 5.11 Å². The highest BCUT2D eigenvalue weighted by molar-refractivity contribution is 5.26. The number of hydrogen-bond acceptors (Lipinski definition) is 6. The Morgan fingerprint density at radius 1 is 1.11 bits per heavy atom. The van der Waals surface area contributed by atoms with Crippen molar-refractivity contribution in [2.24, 2.45) is 0 Å². The van der Waals surface area contributed by atoms with Gasteiger partial charge in [0.15, 0.2) is 0 Å². The summed E-state index contributed by atoms with van der Waals surface area (Å²) < 4.78 is 1.96. The van der Waals surface area contributed by atoms with Crippen LogP contribution in [-0.4, -0.2) is 86.9 Å². The third-order valence-electron chi connectivity index (χ3n) is 6.40. The predicted molar refractivity (Wildman–Crippen MR) is 109 cm³/mol. The maximum Gasteiger partial charge on any atom is 0.140 e. The molecule has 2 saturated heterocycles. The van der Waals surface area contributed by atoms with Crippen LogP contribution in [0.5, 0.6) is 0 Å². The number of likely N-dealkylation sites (N-methyl/N-ethyl adjacent to an activating group) is 1. The van der Waals surface area contributed by atoms with E-state index >= 15 is 0 Å². The summed E-state index contributed by atoms with van der Waals surface area (Å²) in [5.74, 6) is 1.00. The normalized spacial score (nSPS) is 27.9. The summed E-state index contributed by atoms with van der Waals surface area (Å²) in [7, 11) is 2.17. The fraction of sp³-hybridized carbons (Fsp3) is 0.619. The first-order valence-corrected chi connectivity index (χ1v) is 10.4. The average molecular weight is 385 g/mol. The molecule has 152 valence electrons. The van der Waals surface area contributed by atoms with Crippen molar-refractivity contribution in [2.45, 2.75) is 38.1 Å². The molecule has 1 N–H and O–H groups in total. The Morgan fingerprint density at radius 3 is 2.57 bits per heavy atom. The molecule has 1 aromatic carbocycles. The van der Waals surface area contributed by atoms with Crippen molar-refractivity contribution in [1.82, 2.24) is 29.5 Å². The van der Waals surface area contributed by atoms with Gasteiger partial charge in [-0.15, -0.1) is 0 Å². The third-order valence-corrected chi connectivity index (χ3v) is 6.40. The summed E-state index contributed by atoms with van der Waals surface area (Å²) in [6, 6.07) is 10.3. The van der Waals surface area contributed by atoms with Crippen LogP contribution in [0, 0.1) is 0 Å². The van der Waals surface area contributed by atoms with Gasteiger partial charge in [0, 0.05) is 45.8 Å². The van der Waals surface area contributed by atoms with E-state index in [2.05, 4.69) is 50.9 Å². The van der Waals surface area contributed by atoms with Gasteiger partial charge < -0.3 is 10.0 Å². The fourth-order valence-electron chi connectivity index (χ4n) is 4.61. The first-order chi connectivity index (χ1) is 13.6. The third kappa shape index (κ3) is 3.85. The molecule has 1 aromatic heterocycles. The smallest absolute Gasteiger partial charge is 0.140 e. The van der Waals surface area contributed by atoms with Crippen LogP contribution in [0.1, 0.15) is 24.7 Å². The van der Waals surface area contributed by atoms with E-state index in [1.165, 1.54) is 0 Å². The highest BCUT2D eigenvalue weighted by atomic mass is 16.3. The molecular weight excluding hydrogens is 352 g/mol. The van der Waals surface area contributed by atoms with E-state index in [9.17, 15) is 5.11 Å². The van der Waals surface area contributed by atoms with Gasteiger partial charge in [0.1, 0.15) is 17.8 Å². The number of aliphatic hydroxyl groups is 1. The lowest BCUT2D eigenvalue weighted by Gasteiger charge is -2.51. The number of hydrogen-bond donors (Lipinski definition) is 1. The van der Waals surface area contributed by atoms with E-state index in [0.717, 1.165) is 70.2 Å². The number of aromatic nitrogens is 3. The predicted octanol–water partition coefficient (Wildman–Crippen LogP) is 1.01. The van der Waals surface area contributed by atoms with Crippen LogP contribution in [0.3, 0.4) is 0 Å². The van der Waals surface area contributed by atoms with Crippen molar-refractivity contribution in [3.63, 3.8) is 0 Å². The molecule has 4 rings (SSSR count). The van der Waals surface area contributed by atoms with E-state index < -0.39 is 5.60 Å².